The summed E-state index contributed by atoms with van der Waals surface area (Å²) in [6.45, 7) is 0.637. The molecular formula is C18H19F2NO3S. The van der Waals surface area contributed by atoms with Gasteiger partial charge in [-0.1, -0.05) is 24.3 Å². The molecule has 4 nitrogen and oxygen atoms in total. The first-order valence-electron chi connectivity index (χ1n) is 7.91. The molecule has 1 aliphatic heterocycles. The van der Waals surface area contributed by atoms with Crippen molar-refractivity contribution in [3.8, 4) is 0 Å². The van der Waals surface area contributed by atoms with Gasteiger partial charge in [-0.25, -0.2) is 21.5 Å². The highest BCUT2D eigenvalue weighted by atomic mass is 32.2. The summed E-state index contributed by atoms with van der Waals surface area (Å²) in [4.78, 5) is 0. The summed E-state index contributed by atoms with van der Waals surface area (Å²) in [5, 5.41) is 0. The Labute approximate surface area is 146 Å². The van der Waals surface area contributed by atoms with Gasteiger partial charge in [-0.15, -0.1) is 0 Å². The normalized spacial score (nSPS) is 17.5. The van der Waals surface area contributed by atoms with E-state index in [-0.39, 0.29) is 18.2 Å². The van der Waals surface area contributed by atoms with Gasteiger partial charge in [0.15, 0.2) is 0 Å². The Kier molecular flexibility index (Phi) is 5.17. The van der Waals surface area contributed by atoms with Crippen LogP contribution in [0.25, 0.3) is 0 Å². The van der Waals surface area contributed by atoms with Crippen molar-refractivity contribution in [3.63, 3.8) is 0 Å². The Morgan fingerprint density at radius 2 is 1.76 bits per heavy atom. The second kappa shape index (κ2) is 7.19. The molecule has 0 radical (unpaired) electrons. The molecule has 1 unspecified atom stereocenters. The Balaban J connectivity index is 1.67. The van der Waals surface area contributed by atoms with Gasteiger partial charge in [0.05, 0.1) is 18.5 Å². The zero-order valence-electron chi connectivity index (χ0n) is 13.8. The molecule has 0 bridgehead atoms. The number of likely N-dealkylation sites (N-methyl/N-ethyl adjacent to an activating group) is 1. The predicted octanol–water partition coefficient (Wildman–Crippen LogP) is 2.87. The molecule has 0 fully saturated rings. The van der Waals surface area contributed by atoms with Crippen LogP contribution in [0, 0.1) is 11.6 Å². The standard InChI is InChI=1S/C18H19F2NO3S/c1-21(10-18-8-14-4-2-3-5-15(14)11-24-18)25(22,23)12-13-6-16(19)9-17(20)7-13/h2-7,9,18H,8,10-12H2,1H3. The van der Waals surface area contributed by atoms with E-state index in [4.69, 9.17) is 4.74 Å². The van der Waals surface area contributed by atoms with E-state index in [1.165, 1.54) is 11.4 Å². The summed E-state index contributed by atoms with van der Waals surface area (Å²) < 4.78 is 58.4. The maximum absolute atomic E-state index is 13.2. The molecule has 1 atom stereocenters. The number of nitrogens with zero attached hydrogens (tertiary/aromatic N) is 1. The third kappa shape index (κ3) is 4.42. The second-order valence-corrected chi connectivity index (χ2v) is 8.30. The summed E-state index contributed by atoms with van der Waals surface area (Å²) in [7, 11) is -2.25. The summed E-state index contributed by atoms with van der Waals surface area (Å²) in [5.74, 6) is -2.04. The molecule has 1 aliphatic rings. The fourth-order valence-corrected chi connectivity index (χ4v) is 4.14. The van der Waals surface area contributed by atoms with Crippen LogP contribution in [0.1, 0.15) is 16.7 Å². The van der Waals surface area contributed by atoms with Crippen LogP contribution < -0.4 is 0 Å². The molecule has 2 aromatic rings. The second-order valence-electron chi connectivity index (χ2n) is 6.22. The van der Waals surface area contributed by atoms with Gasteiger partial charge in [0.2, 0.25) is 10.0 Å². The quantitative estimate of drug-likeness (QED) is 0.816. The van der Waals surface area contributed by atoms with Gasteiger partial charge in [0.25, 0.3) is 0 Å². The molecule has 0 aromatic heterocycles. The molecule has 0 aliphatic carbocycles. The van der Waals surface area contributed by atoms with E-state index < -0.39 is 27.4 Å². The van der Waals surface area contributed by atoms with Crippen molar-refractivity contribution in [2.24, 2.45) is 0 Å². The van der Waals surface area contributed by atoms with Crippen LogP contribution in [0.15, 0.2) is 42.5 Å². The molecule has 2 aromatic carbocycles. The molecule has 0 saturated heterocycles. The minimum absolute atomic E-state index is 0.0826. The van der Waals surface area contributed by atoms with Crippen molar-refractivity contribution in [1.82, 2.24) is 4.31 Å². The Morgan fingerprint density at radius 3 is 2.44 bits per heavy atom. The molecule has 25 heavy (non-hydrogen) atoms. The topological polar surface area (TPSA) is 46.6 Å². The lowest BCUT2D eigenvalue weighted by atomic mass is 9.99. The van der Waals surface area contributed by atoms with E-state index in [0.29, 0.717) is 19.1 Å². The van der Waals surface area contributed by atoms with Crippen LogP contribution in [-0.4, -0.2) is 32.4 Å². The van der Waals surface area contributed by atoms with E-state index in [1.807, 2.05) is 24.3 Å². The average Bonchev–Trinajstić information content (AvgIpc) is 2.53. The molecule has 134 valence electrons. The van der Waals surface area contributed by atoms with Crippen molar-refractivity contribution >= 4 is 10.0 Å². The first-order valence-corrected chi connectivity index (χ1v) is 9.52. The summed E-state index contributed by atoms with van der Waals surface area (Å²) in [5.41, 5.74) is 2.34. The van der Waals surface area contributed by atoms with Crippen molar-refractivity contribution < 1.29 is 21.9 Å². The van der Waals surface area contributed by atoms with E-state index in [1.54, 1.807) is 0 Å². The molecule has 0 saturated carbocycles. The number of halogens is 2. The fourth-order valence-electron chi connectivity index (χ4n) is 2.94. The largest absolute Gasteiger partial charge is 0.372 e. The highest BCUT2D eigenvalue weighted by Crippen LogP contribution is 2.22. The van der Waals surface area contributed by atoms with E-state index >= 15 is 0 Å². The Morgan fingerprint density at radius 1 is 1.12 bits per heavy atom. The summed E-state index contributed by atoms with van der Waals surface area (Å²) in [6.07, 6.45) is 0.379. The average molecular weight is 367 g/mol. The summed E-state index contributed by atoms with van der Waals surface area (Å²) in [6, 6.07) is 10.7. The predicted molar refractivity (Wildman–Crippen MR) is 90.3 cm³/mol. The monoisotopic (exact) mass is 367 g/mol. The highest BCUT2D eigenvalue weighted by Gasteiger charge is 2.26. The van der Waals surface area contributed by atoms with Crippen LogP contribution in [-0.2, 0) is 33.5 Å². The van der Waals surface area contributed by atoms with Crippen molar-refractivity contribution in [3.05, 3.63) is 70.8 Å². The molecule has 0 spiro atoms. The zero-order chi connectivity index (χ0) is 18.0. The van der Waals surface area contributed by atoms with Gasteiger partial charge >= 0.3 is 0 Å². The number of sulfonamides is 1. The van der Waals surface area contributed by atoms with Crippen LogP contribution in [0.5, 0.6) is 0 Å². The minimum Gasteiger partial charge on any atom is -0.372 e. The first-order chi connectivity index (χ1) is 11.8. The molecule has 7 heteroatoms. The first kappa shape index (κ1) is 18.0. The Hall–Kier alpha value is -1.83. The molecule has 0 amide bonds. The number of rotatable bonds is 5. The van der Waals surface area contributed by atoms with Crippen LogP contribution in [0.3, 0.4) is 0 Å². The summed E-state index contributed by atoms with van der Waals surface area (Å²) >= 11 is 0. The minimum atomic E-state index is -3.70. The van der Waals surface area contributed by atoms with Gasteiger partial charge in [0.1, 0.15) is 11.6 Å². The smallest absolute Gasteiger partial charge is 0.218 e. The number of hydrogen-bond acceptors (Lipinski definition) is 3. The molecule has 1 heterocycles. The highest BCUT2D eigenvalue weighted by molar-refractivity contribution is 7.88. The van der Waals surface area contributed by atoms with Gasteiger partial charge in [-0.2, -0.15) is 0 Å². The number of benzene rings is 2. The van der Waals surface area contributed by atoms with E-state index in [0.717, 1.165) is 23.3 Å². The lowest BCUT2D eigenvalue weighted by molar-refractivity contribution is 0.0202. The third-order valence-corrected chi connectivity index (χ3v) is 6.04. The molecule has 0 N–H and O–H groups in total. The molecular weight excluding hydrogens is 348 g/mol. The zero-order valence-corrected chi connectivity index (χ0v) is 14.6. The van der Waals surface area contributed by atoms with Crippen molar-refractivity contribution in [1.29, 1.82) is 0 Å². The van der Waals surface area contributed by atoms with Crippen molar-refractivity contribution in [2.75, 3.05) is 13.6 Å². The van der Waals surface area contributed by atoms with Crippen molar-refractivity contribution in [2.45, 2.75) is 24.9 Å². The Bertz CT molecular complexity index is 850. The van der Waals surface area contributed by atoms with Gasteiger partial charge < -0.3 is 4.74 Å². The fraction of sp³-hybridized carbons (Fsp3) is 0.333. The maximum atomic E-state index is 13.2. The third-order valence-electron chi connectivity index (χ3n) is 4.25. The van der Waals surface area contributed by atoms with Gasteiger partial charge in [-0.05, 0) is 28.8 Å². The lowest BCUT2D eigenvalue weighted by Crippen LogP contribution is -2.38. The number of ether oxygens (including phenoxy) is 1. The van der Waals surface area contributed by atoms with Crippen LogP contribution in [0.2, 0.25) is 0 Å². The van der Waals surface area contributed by atoms with Crippen LogP contribution in [0.4, 0.5) is 8.78 Å². The van der Waals surface area contributed by atoms with E-state index in [9.17, 15) is 17.2 Å². The number of fused-ring (bicyclic) bond motifs is 1. The van der Waals surface area contributed by atoms with Gasteiger partial charge in [-0.3, -0.25) is 0 Å². The molecule has 3 rings (SSSR count). The lowest BCUT2D eigenvalue weighted by Gasteiger charge is -2.28. The SMILES string of the molecule is CN(CC1Cc2ccccc2CO1)S(=O)(=O)Cc1cc(F)cc(F)c1. The maximum Gasteiger partial charge on any atom is 0.218 e. The van der Waals surface area contributed by atoms with E-state index in [2.05, 4.69) is 0 Å². The number of hydrogen-bond donors (Lipinski definition) is 0. The van der Waals surface area contributed by atoms with Gasteiger partial charge in [0, 0.05) is 26.1 Å². The van der Waals surface area contributed by atoms with Crippen LogP contribution >= 0.6 is 0 Å².